The molecule has 94 valence electrons. The Balaban J connectivity index is 2.37. The van der Waals surface area contributed by atoms with Gasteiger partial charge >= 0.3 is 5.97 Å². The number of aromatic nitrogens is 1. The summed E-state index contributed by atoms with van der Waals surface area (Å²) < 4.78 is 18.0. The number of carboxylic acid groups (broad SMARTS) is 1. The van der Waals surface area contributed by atoms with Gasteiger partial charge in [0.25, 0.3) is 0 Å². The van der Waals surface area contributed by atoms with E-state index in [1.54, 1.807) is 13.8 Å². The SMILES string of the molecule is CC(C)(C(=O)O)c1coc(-c2ccc(F)cc2)n1. The molecule has 0 aliphatic rings. The van der Waals surface area contributed by atoms with Crippen molar-refractivity contribution in [3.05, 3.63) is 42.0 Å². The molecule has 0 saturated carbocycles. The van der Waals surface area contributed by atoms with E-state index in [0.29, 0.717) is 11.3 Å². The summed E-state index contributed by atoms with van der Waals surface area (Å²) in [7, 11) is 0. The first-order chi connectivity index (χ1) is 8.41. The van der Waals surface area contributed by atoms with Gasteiger partial charge in [0.05, 0.1) is 5.69 Å². The minimum Gasteiger partial charge on any atom is -0.481 e. The summed E-state index contributed by atoms with van der Waals surface area (Å²) in [6.45, 7) is 3.09. The van der Waals surface area contributed by atoms with Gasteiger partial charge in [-0.1, -0.05) is 0 Å². The zero-order chi connectivity index (χ0) is 13.3. The molecular formula is C13H12FNO3. The lowest BCUT2D eigenvalue weighted by Gasteiger charge is -2.14. The van der Waals surface area contributed by atoms with E-state index in [4.69, 9.17) is 9.52 Å². The fourth-order valence-electron chi connectivity index (χ4n) is 1.40. The van der Waals surface area contributed by atoms with Crippen molar-refractivity contribution in [2.24, 2.45) is 0 Å². The van der Waals surface area contributed by atoms with E-state index in [0.717, 1.165) is 0 Å². The van der Waals surface area contributed by atoms with Crippen molar-refractivity contribution in [1.29, 1.82) is 0 Å². The first-order valence-corrected chi connectivity index (χ1v) is 5.36. The monoisotopic (exact) mass is 249 g/mol. The van der Waals surface area contributed by atoms with E-state index in [-0.39, 0.29) is 11.7 Å². The fraction of sp³-hybridized carbons (Fsp3) is 0.231. The molecule has 0 amide bonds. The number of aliphatic carboxylic acids is 1. The molecule has 0 unspecified atom stereocenters. The van der Waals surface area contributed by atoms with Crippen molar-refractivity contribution in [2.45, 2.75) is 19.3 Å². The van der Waals surface area contributed by atoms with Crippen LogP contribution in [0.2, 0.25) is 0 Å². The van der Waals surface area contributed by atoms with Gasteiger partial charge in [0.1, 0.15) is 17.5 Å². The van der Waals surface area contributed by atoms with Crippen LogP contribution in [0.5, 0.6) is 0 Å². The van der Waals surface area contributed by atoms with Crippen LogP contribution in [0.4, 0.5) is 4.39 Å². The van der Waals surface area contributed by atoms with Crippen LogP contribution in [-0.2, 0) is 10.2 Å². The summed E-state index contributed by atoms with van der Waals surface area (Å²) in [5.41, 5.74) is -0.194. The van der Waals surface area contributed by atoms with Crippen molar-refractivity contribution in [1.82, 2.24) is 4.98 Å². The maximum Gasteiger partial charge on any atom is 0.315 e. The lowest BCUT2D eigenvalue weighted by atomic mass is 9.90. The summed E-state index contributed by atoms with van der Waals surface area (Å²) in [6.07, 6.45) is 1.31. The lowest BCUT2D eigenvalue weighted by Crippen LogP contribution is -2.28. The Kier molecular flexibility index (Phi) is 2.90. The topological polar surface area (TPSA) is 63.3 Å². The summed E-state index contributed by atoms with van der Waals surface area (Å²) in [5, 5.41) is 9.08. The van der Waals surface area contributed by atoms with Crippen LogP contribution in [-0.4, -0.2) is 16.1 Å². The number of carboxylic acids is 1. The minimum atomic E-state index is -1.12. The fourth-order valence-corrected chi connectivity index (χ4v) is 1.40. The summed E-state index contributed by atoms with van der Waals surface area (Å²) in [5.74, 6) is -1.06. The van der Waals surface area contributed by atoms with Gasteiger partial charge in [-0.2, -0.15) is 0 Å². The number of hydrogen-bond donors (Lipinski definition) is 1. The molecule has 0 spiro atoms. The molecule has 0 saturated heterocycles. The average Bonchev–Trinajstić information content (AvgIpc) is 2.79. The van der Waals surface area contributed by atoms with E-state index >= 15 is 0 Å². The Labute approximate surface area is 103 Å². The molecule has 2 aromatic rings. The van der Waals surface area contributed by atoms with Gasteiger partial charge in [-0.05, 0) is 38.1 Å². The van der Waals surface area contributed by atoms with E-state index in [9.17, 15) is 9.18 Å². The third-order valence-electron chi connectivity index (χ3n) is 2.77. The Morgan fingerprint density at radius 3 is 2.50 bits per heavy atom. The summed E-state index contributed by atoms with van der Waals surface area (Å²) in [6, 6.07) is 5.64. The van der Waals surface area contributed by atoms with Crippen molar-refractivity contribution >= 4 is 5.97 Å². The molecular weight excluding hydrogens is 237 g/mol. The van der Waals surface area contributed by atoms with Gasteiger partial charge in [-0.15, -0.1) is 0 Å². The van der Waals surface area contributed by atoms with Crippen LogP contribution in [0.15, 0.2) is 34.9 Å². The highest BCUT2D eigenvalue weighted by molar-refractivity contribution is 5.79. The van der Waals surface area contributed by atoms with Gasteiger partial charge in [0, 0.05) is 5.56 Å². The lowest BCUT2D eigenvalue weighted by molar-refractivity contribution is -0.142. The van der Waals surface area contributed by atoms with Crippen LogP contribution >= 0.6 is 0 Å². The molecule has 5 heteroatoms. The highest BCUT2D eigenvalue weighted by Crippen LogP contribution is 2.26. The number of oxazole rings is 1. The Morgan fingerprint density at radius 1 is 1.33 bits per heavy atom. The number of nitrogens with zero attached hydrogens (tertiary/aromatic N) is 1. The molecule has 1 aromatic carbocycles. The second kappa shape index (κ2) is 4.25. The molecule has 1 aromatic heterocycles. The van der Waals surface area contributed by atoms with Crippen molar-refractivity contribution in [3.63, 3.8) is 0 Å². The molecule has 0 radical (unpaired) electrons. The normalized spacial score (nSPS) is 11.5. The van der Waals surface area contributed by atoms with Crippen LogP contribution in [0.1, 0.15) is 19.5 Å². The smallest absolute Gasteiger partial charge is 0.315 e. The molecule has 0 bridgehead atoms. The number of carbonyl (C=O) groups is 1. The average molecular weight is 249 g/mol. The Bertz CT molecular complexity index is 572. The van der Waals surface area contributed by atoms with E-state index in [1.807, 2.05) is 0 Å². The molecule has 1 heterocycles. The molecule has 0 aliphatic carbocycles. The standard InChI is InChI=1S/C13H12FNO3/c1-13(2,12(16)17)10-7-18-11(15-10)8-3-5-9(14)6-4-8/h3-7H,1-2H3,(H,16,17). The van der Waals surface area contributed by atoms with Crippen LogP contribution < -0.4 is 0 Å². The van der Waals surface area contributed by atoms with Gasteiger partial charge in [-0.25, -0.2) is 9.37 Å². The first kappa shape index (κ1) is 12.3. The van der Waals surface area contributed by atoms with E-state index in [2.05, 4.69) is 4.98 Å². The van der Waals surface area contributed by atoms with Crippen molar-refractivity contribution in [2.75, 3.05) is 0 Å². The predicted octanol–water partition coefficient (Wildman–Crippen LogP) is 2.84. The molecule has 1 N–H and O–H groups in total. The maximum absolute atomic E-state index is 12.8. The molecule has 2 rings (SSSR count). The van der Waals surface area contributed by atoms with Crippen molar-refractivity contribution in [3.8, 4) is 11.5 Å². The highest BCUT2D eigenvalue weighted by atomic mass is 19.1. The molecule has 18 heavy (non-hydrogen) atoms. The predicted molar refractivity (Wildman–Crippen MR) is 62.6 cm³/mol. The number of benzene rings is 1. The van der Waals surface area contributed by atoms with Crippen LogP contribution in [0, 0.1) is 5.82 Å². The summed E-state index contributed by atoms with van der Waals surface area (Å²) >= 11 is 0. The zero-order valence-corrected chi connectivity index (χ0v) is 9.98. The van der Waals surface area contributed by atoms with E-state index < -0.39 is 11.4 Å². The number of rotatable bonds is 3. The molecule has 0 fully saturated rings. The highest BCUT2D eigenvalue weighted by Gasteiger charge is 2.33. The molecule has 0 aliphatic heterocycles. The molecule has 0 atom stereocenters. The zero-order valence-electron chi connectivity index (χ0n) is 9.98. The number of halogens is 1. The second-order valence-electron chi connectivity index (χ2n) is 4.47. The van der Waals surface area contributed by atoms with Crippen molar-refractivity contribution < 1.29 is 18.7 Å². The van der Waals surface area contributed by atoms with Gasteiger partial charge in [0.2, 0.25) is 5.89 Å². The minimum absolute atomic E-state index is 0.277. The largest absolute Gasteiger partial charge is 0.481 e. The Hall–Kier alpha value is -2.17. The second-order valence-corrected chi connectivity index (χ2v) is 4.47. The molecule has 4 nitrogen and oxygen atoms in total. The third-order valence-corrected chi connectivity index (χ3v) is 2.77. The van der Waals surface area contributed by atoms with Crippen LogP contribution in [0.25, 0.3) is 11.5 Å². The number of hydrogen-bond acceptors (Lipinski definition) is 3. The van der Waals surface area contributed by atoms with E-state index in [1.165, 1.54) is 30.5 Å². The summed E-state index contributed by atoms with van der Waals surface area (Å²) in [4.78, 5) is 15.2. The first-order valence-electron chi connectivity index (χ1n) is 5.36. The van der Waals surface area contributed by atoms with Gasteiger partial charge in [0.15, 0.2) is 0 Å². The maximum atomic E-state index is 12.8. The quantitative estimate of drug-likeness (QED) is 0.908. The van der Waals surface area contributed by atoms with Crippen LogP contribution in [0.3, 0.4) is 0 Å². The van der Waals surface area contributed by atoms with Gasteiger partial charge < -0.3 is 9.52 Å². The third kappa shape index (κ3) is 2.11. The Morgan fingerprint density at radius 2 is 1.94 bits per heavy atom. The van der Waals surface area contributed by atoms with Gasteiger partial charge in [-0.3, -0.25) is 4.79 Å².